The molecule has 18 heavy (non-hydrogen) atoms. The molecular weight excluding hydrogens is 224 g/mol. The Bertz CT molecular complexity index is 600. The zero-order valence-corrected chi connectivity index (χ0v) is 10.1. The zero-order valence-electron chi connectivity index (χ0n) is 10.1. The van der Waals surface area contributed by atoms with Crippen LogP contribution in [0.25, 0.3) is 6.08 Å². The zero-order chi connectivity index (χ0) is 12.5. The van der Waals surface area contributed by atoms with E-state index in [4.69, 9.17) is 4.74 Å². The molecule has 90 valence electrons. The van der Waals surface area contributed by atoms with Crippen LogP contribution in [0.3, 0.4) is 0 Å². The number of hydrogen-bond donors (Lipinski definition) is 1. The summed E-state index contributed by atoms with van der Waals surface area (Å²) in [6, 6.07) is 13.7. The van der Waals surface area contributed by atoms with Crippen LogP contribution in [0.15, 0.2) is 48.5 Å². The van der Waals surface area contributed by atoms with Crippen molar-refractivity contribution in [2.75, 3.05) is 0 Å². The lowest BCUT2D eigenvalue weighted by molar-refractivity contribution is 0.251. The fraction of sp³-hybridized carbons (Fsp3) is 0.125. The molecule has 0 spiro atoms. The monoisotopic (exact) mass is 238 g/mol. The van der Waals surface area contributed by atoms with Crippen molar-refractivity contribution < 1.29 is 9.84 Å². The van der Waals surface area contributed by atoms with Crippen molar-refractivity contribution in [3.8, 4) is 11.5 Å². The first kappa shape index (κ1) is 10.9. The fourth-order valence-corrected chi connectivity index (χ4v) is 2.11. The molecule has 0 aliphatic carbocycles. The Morgan fingerprint density at radius 2 is 1.89 bits per heavy atom. The summed E-state index contributed by atoms with van der Waals surface area (Å²) in [6.45, 7) is 1.87. The summed E-state index contributed by atoms with van der Waals surface area (Å²) in [4.78, 5) is 0. The molecular formula is C16H14O2. The van der Waals surface area contributed by atoms with Gasteiger partial charge in [-0.1, -0.05) is 36.4 Å². The average molecular weight is 238 g/mol. The fourth-order valence-electron chi connectivity index (χ4n) is 2.11. The number of ether oxygens (including phenoxy) is 1. The number of phenolic OH excluding ortho intramolecular Hbond substituents is 1. The normalized spacial score (nSPS) is 17.1. The Morgan fingerprint density at radius 3 is 2.67 bits per heavy atom. The maximum Gasteiger partial charge on any atom is 0.142 e. The van der Waals surface area contributed by atoms with Gasteiger partial charge in [0.15, 0.2) is 0 Å². The standard InChI is InChI=1S/C16H14O2/c1-11-9-16-13(10-14(11)17)7-8-15(18-16)12-5-3-2-4-6-12/h2-10,15,17H,1H3. The highest BCUT2D eigenvalue weighted by Crippen LogP contribution is 2.36. The van der Waals surface area contributed by atoms with Crippen LogP contribution in [0.2, 0.25) is 0 Å². The highest BCUT2D eigenvalue weighted by Gasteiger charge is 2.17. The number of hydrogen-bond acceptors (Lipinski definition) is 2. The molecule has 0 aromatic heterocycles. The van der Waals surface area contributed by atoms with Crippen molar-refractivity contribution in [3.63, 3.8) is 0 Å². The molecule has 2 heteroatoms. The van der Waals surface area contributed by atoms with Gasteiger partial charge in [-0.05, 0) is 36.3 Å². The van der Waals surface area contributed by atoms with Gasteiger partial charge in [-0.2, -0.15) is 0 Å². The molecule has 2 aromatic carbocycles. The van der Waals surface area contributed by atoms with Gasteiger partial charge in [0.1, 0.15) is 17.6 Å². The van der Waals surface area contributed by atoms with E-state index in [1.165, 1.54) is 0 Å². The van der Waals surface area contributed by atoms with Gasteiger partial charge in [-0.15, -0.1) is 0 Å². The molecule has 0 saturated heterocycles. The van der Waals surface area contributed by atoms with Crippen molar-refractivity contribution in [1.29, 1.82) is 0 Å². The van der Waals surface area contributed by atoms with Crippen molar-refractivity contribution in [2.45, 2.75) is 13.0 Å². The van der Waals surface area contributed by atoms with Crippen molar-refractivity contribution in [1.82, 2.24) is 0 Å². The average Bonchev–Trinajstić information content (AvgIpc) is 2.41. The summed E-state index contributed by atoms with van der Waals surface area (Å²) in [7, 11) is 0. The molecule has 0 bridgehead atoms. The minimum absolute atomic E-state index is 0.0531. The molecule has 1 unspecified atom stereocenters. The molecule has 3 rings (SSSR count). The summed E-state index contributed by atoms with van der Waals surface area (Å²) in [6.07, 6.45) is 3.95. The minimum Gasteiger partial charge on any atom is -0.508 e. The first-order chi connectivity index (χ1) is 8.74. The number of aryl methyl sites for hydroxylation is 1. The predicted molar refractivity (Wildman–Crippen MR) is 71.7 cm³/mol. The van der Waals surface area contributed by atoms with Gasteiger partial charge in [0, 0.05) is 5.56 Å². The number of aromatic hydroxyl groups is 1. The molecule has 1 atom stereocenters. The Hall–Kier alpha value is -2.22. The Morgan fingerprint density at radius 1 is 1.11 bits per heavy atom. The van der Waals surface area contributed by atoms with E-state index < -0.39 is 0 Å². The van der Waals surface area contributed by atoms with Gasteiger partial charge >= 0.3 is 0 Å². The molecule has 2 aromatic rings. The van der Waals surface area contributed by atoms with Gasteiger partial charge < -0.3 is 9.84 Å². The van der Waals surface area contributed by atoms with E-state index in [9.17, 15) is 5.11 Å². The molecule has 1 N–H and O–H groups in total. The maximum atomic E-state index is 9.67. The van der Waals surface area contributed by atoms with E-state index in [1.54, 1.807) is 6.07 Å². The van der Waals surface area contributed by atoms with Crippen LogP contribution in [-0.4, -0.2) is 5.11 Å². The van der Waals surface area contributed by atoms with Crippen molar-refractivity contribution in [2.24, 2.45) is 0 Å². The molecule has 1 aliphatic heterocycles. The van der Waals surface area contributed by atoms with Crippen LogP contribution in [0.4, 0.5) is 0 Å². The second-order valence-corrected chi connectivity index (χ2v) is 4.48. The maximum absolute atomic E-state index is 9.67. The van der Waals surface area contributed by atoms with Gasteiger partial charge in [-0.3, -0.25) is 0 Å². The smallest absolute Gasteiger partial charge is 0.142 e. The molecule has 1 aliphatic rings. The Kier molecular flexibility index (Phi) is 2.56. The van der Waals surface area contributed by atoms with Crippen LogP contribution in [0.5, 0.6) is 11.5 Å². The van der Waals surface area contributed by atoms with E-state index >= 15 is 0 Å². The number of benzene rings is 2. The molecule has 0 saturated carbocycles. The summed E-state index contributed by atoms with van der Waals surface area (Å²) in [5.41, 5.74) is 2.88. The van der Waals surface area contributed by atoms with E-state index in [0.717, 1.165) is 22.4 Å². The molecule has 0 radical (unpaired) electrons. The van der Waals surface area contributed by atoms with Crippen LogP contribution in [0.1, 0.15) is 22.8 Å². The number of fused-ring (bicyclic) bond motifs is 1. The third-order valence-corrected chi connectivity index (χ3v) is 3.16. The first-order valence-corrected chi connectivity index (χ1v) is 5.97. The summed E-state index contributed by atoms with van der Waals surface area (Å²) < 4.78 is 5.96. The minimum atomic E-state index is -0.0531. The molecule has 0 amide bonds. The Labute approximate surface area is 106 Å². The second kappa shape index (κ2) is 4.22. The van der Waals surface area contributed by atoms with Crippen LogP contribution < -0.4 is 4.74 Å². The number of phenols is 1. The molecule has 0 fully saturated rings. The molecule has 1 heterocycles. The topological polar surface area (TPSA) is 29.5 Å². The summed E-state index contributed by atoms with van der Waals surface area (Å²) in [5, 5.41) is 9.67. The van der Waals surface area contributed by atoms with Gasteiger partial charge in [0.25, 0.3) is 0 Å². The Balaban J connectivity index is 1.97. The quantitative estimate of drug-likeness (QED) is 0.817. The summed E-state index contributed by atoms with van der Waals surface area (Å²) >= 11 is 0. The third-order valence-electron chi connectivity index (χ3n) is 3.16. The van der Waals surface area contributed by atoms with E-state index in [1.807, 2.05) is 55.5 Å². The second-order valence-electron chi connectivity index (χ2n) is 4.48. The highest BCUT2D eigenvalue weighted by molar-refractivity contribution is 5.63. The predicted octanol–water partition coefficient (Wildman–Crippen LogP) is 3.85. The van der Waals surface area contributed by atoms with E-state index in [-0.39, 0.29) is 6.10 Å². The molecule has 2 nitrogen and oxygen atoms in total. The van der Waals surface area contributed by atoms with Crippen LogP contribution in [0, 0.1) is 6.92 Å². The lowest BCUT2D eigenvalue weighted by Gasteiger charge is -2.22. The lowest BCUT2D eigenvalue weighted by atomic mass is 10.0. The van der Waals surface area contributed by atoms with Gasteiger partial charge in [0.2, 0.25) is 0 Å². The SMILES string of the molecule is Cc1cc2c(cc1O)C=CC(c1ccccc1)O2. The largest absolute Gasteiger partial charge is 0.508 e. The third kappa shape index (κ3) is 1.86. The van der Waals surface area contributed by atoms with Gasteiger partial charge in [-0.25, -0.2) is 0 Å². The summed E-state index contributed by atoms with van der Waals surface area (Å²) in [5.74, 6) is 1.13. The van der Waals surface area contributed by atoms with Gasteiger partial charge in [0.05, 0.1) is 0 Å². The first-order valence-electron chi connectivity index (χ1n) is 5.97. The van der Waals surface area contributed by atoms with E-state index in [2.05, 4.69) is 0 Å². The van der Waals surface area contributed by atoms with E-state index in [0.29, 0.717) is 5.75 Å². The highest BCUT2D eigenvalue weighted by atomic mass is 16.5. The lowest BCUT2D eigenvalue weighted by Crippen LogP contribution is -2.08. The van der Waals surface area contributed by atoms with Crippen molar-refractivity contribution in [3.05, 3.63) is 65.2 Å². The number of rotatable bonds is 1. The van der Waals surface area contributed by atoms with Crippen molar-refractivity contribution >= 4 is 6.08 Å². The van der Waals surface area contributed by atoms with Crippen LogP contribution in [-0.2, 0) is 0 Å². The van der Waals surface area contributed by atoms with Crippen LogP contribution >= 0.6 is 0 Å².